The van der Waals surface area contributed by atoms with Gasteiger partial charge in [0.1, 0.15) is 23.2 Å². The molecule has 0 saturated carbocycles. The number of rotatable bonds is 0. The molecule has 1 heterocycles. The van der Waals surface area contributed by atoms with Crippen molar-refractivity contribution in [1.82, 2.24) is 0 Å². The van der Waals surface area contributed by atoms with Crippen molar-refractivity contribution >= 4 is 22.5 Å². The average Bonchev–Trinajstić information content (AvgIpc) is 2.04. The first kappa shape index (κ1) is 6.68. The van der Waals surface area contributed by atoms with Gasteiger partial charge in [0.2, 0.25) is 0 Å². The van der Waals surface area contributed by atoms with Crippen LogP contribution in [0.25, 0.3) is 0 Å². The maximum Gasteiger partial charge on any atom is 0.145 e. The number of hydrogen-bond acceptors (Lipinski definition) is 2. The molecule has 0 aromatic heterocycles. The summed E-state index contributed by atoms with van der Waals surface area (Å²) in [7, 11) is 0. The number of fused-ring (bicyclic) bond motifs is 1. The van der Waals surface area contributed by atoms with Crippen LogP contribution in [0.1, 0.15) is 0 Å². The molecule has 0 saturated heterocycles. The quantitative estimate of drug-likeness (QED) is 0.581. The Kier molecular flexibility index (Phi) is 1.55. The van der Waals surface area contributed by atoms with E-state index < -0.39 is 0 Å². The zero-order valence-electron chi connectivity index (χ0n) is 5.75. The highest BCUT2D eigenvalue weighted by Crippen LogP contribution is 2.30. The van der Waals surface area contributed by atoms with Gasteiger partial charge in [0, 0.05) is 0 Å². The van der Waals surface area contributed by atoms with Crippen LogP contribution in [-0.4, -0.2) is 11.8 Å². The van der Waals surface area contributed by atoms with Crippen molar-refractivity contribution in [3.63, 3.8) is 0 Å². The summed E-state index contributed by atoms with van der Waals surface area (Å²) in [5, 5.41) is 0.503. The molecule has 0 atom stereocenters. The van der Waals surface area contributed by atoms with Crippen molar-refractivity contribution in [2.75, 3.05) is 6.61 Å². The van der Waals surface area contributed by atoms with E-state index >= 15 is 0 Å². The second-order valence-corrected chi connectivity index (χ2v) is 2.68. The predicted octanol–water partition coefficient (Wildman–Crippen LogP) is 2.35. The minimum absolute atomic E-state index is 0.387. The van der Waals surface area contributed by atoms with Gasteiger partial charge in [-0.05, 0) is 12.1 Å². The van der Waals surface area contributed by atoms with Crippen LogP contribution in [0.2, 0.25) is 0 Å². The molecule has 2 rings (SSSR count). The first-order valence-electron chi connectivity index (χ1n) is 3.31. The zero-order chi connectivity index (χ0) is 7.68. The van der Waals surface area contributed by atoms with E-state index in [4.69, 9.17) is 16.3 Å². The molecule has 11 heavy (non-hydrogen) atoms. The van der Waals surface area contributed by atoms with E-state index in [1.165, 1.54) is 0 Å². The lowest BCUT2D eigenvalue weighted by Gasteiger charge is -2.12. The monoisotopic (exact) mass is 167 g/mol. The van der Waals surface area contributed by atoms with Gasteiger partial charge in [0.05, 0.1) is 0 Å². The van der Waals surface area contributed by atoms with Crippen LogP contribution in [0.15, 0.2) is 29.3 Å². The number of benzene rings is 1. The highest BCUT2D eigenvalue weighted by Gasteiger charge is 2.08. The number of ether oxygens (including phenoxy) is 1. The number of para-hydroxylation sites is 2. The Morgan fingerprint density at radius 2 is 2.18 bits per heavy atom. The van der Waals surface area contributed by atoms with Gasteiger partial charge in [-0.3, -0.25) is 0 Å². The maximum absolute atomic E-state index is 5.67. The molecule has 3 heteroatoms. The Morgan fingerprint density at radius 3 is 3.09 bits per heavy atom. The second-order valence-electron chi connectivity index (χ2n) is 2.24. The van der Waals surface area contributed by atoms with E-state index in [2.05, 4.69) is 4.99 Å². The van der Waals surface area contributed by atoms with Crippen molar-refractivity contribution in [1.29, 1.82) is 0 Å². The Balaban J connectivity index is 2.51. The molecule has 0 bridgehead atoms. The minimum atomic E-state index is 0.387. The normalized spacial score (nSPS) is 14.8. The SMILES string of the molecule is ClC1=Nc2ccccc2OC1. The highest BCUT2D eigenvalue weighted by atomic mass is 35.5. The molecule has 0 unspecified atom stereocenters. The fraction of sp³-hybridized carbons (Fsp3) is 0.125. The summed E-state index contributed by atoms with van der Waals surface area (Å²) < 4.78 is 5.27. The van der Waals surface area contributed by atoms with Crippen LogP contribution < -0.4 is 4.74 Å². The molecular formula is C8H6ClNO. The third-order valence-electron chi connectivity index (χ3n) is 1.45. The van der Waals surface area contributed by atoms with Gasteiger partial charge >= 0.3 is 0 Å². The van der Waals surface area contributed by atoms with Gasteiger partial charge in [-0.2, -0.15) is 0 Å². The summed E-state index contributed by atoms with van der Waals surface area (Å²) in [6.07, 6.45) is 0. The average molecular weight is 168 g/mol. The largest absolute Gasteiger partial charge is 0.484 e. The fourth-order valence-corrected chi connectivity index (χ4v) is 1.12. The van der Waals surface area contributed by atoms with Crippen LogP contribution in [0.5, 0.6) is 5.75 Å². The van der Waals surface area contributed by atoms with Crippen LogP contribution in [-0.2, 0) is 0 Å². The number of aliphatic imine (C=N–C) groups is 1. The van der Waals surface area contributed by atoms with Gasteiger partial charge in [-0.25, -0.2) is 4.99 Å². The zero-order valence-corrected chi connectivity index (χ0v) is 6.51. The van der Waals surface area contributed by atoms with Gasteiger partial charge in [0.15, 0.2) is 0 Å². The molecule has 0 radical (unpaired) electrons. The molecule has 0 N–H and O–H groups in total. The summed E-state index contributed by atoms with van der Waals surface area (Å²) in [4.78, 5) is 4.10. The number of halogens is 1. The summed E-state index contributed by atoms with van der Waals surface area (Å²) in [6.45, 7) is 0.387. The minimum Gasteiger partial charge on any atom is -0.484 e. The van der Waals surface area contributed by atoms with Crippen LogP contribution in [0.4, 0.5) is 5.69 Å². The second kappa shape index (κ2) is 2.55. The first-order valence-corrected chi connectivity index (χ1v) is 3.69. The summed E-state index contributed by atoms with van der Waals surface area (Å²) >= 11 is 5.67. The van der Waals surface area contributed by atoms with E-state index in [9.17, 15) is 0 Å². The predicted molar refractivity (Wildman–Crippen MR) is 44.9 cm³/mol. The highest BCUT2D eigenvalue weighted by molar-refractivity contribution is 6.66. The van der Waals surface area contributed by atoms with E-state index in [1.54, 1.807) is 0 Å². The summed E-state index contributed by atoms with van der Waals surface area (Å²) in [5.41, 5.74) is 0.809. The van der Waals surface area contributed by atoms with Crippen molar-refractivity contribution in [3.8, 4) is 5.75 Å². The summed E-state index contributed by atoms with van der Waals surface area (Å²) in [6, 6.07) is 7.56. The van der Waals surface area contributed by atoms with E-state index in [1.807, 2.05) is 24.3 Å². The molecule has 2 nitrogen and oxygen atoms in total. The lowest BCUT2D eigenvalue weighted by molar-refractivity contribution is 0.375. The lowest BCUT2D eigenvalue weighted by atomic mass is 10.3. The molecule has 1 aromatic carbocycles. The van der Waals surface area contributed by atoms with Gasteiger partial charge in [0.25, 0.3) is 0 Å². The standard InChI is InChI=1S/C8H6ClNO/c9-8-5-11-7-4-2-1-3-6(7)10-8/h1-4H,5H2. The molecule has 1 aromatic rings. The molecule has 0 amide bonds. The van der Waals surface area contributed by atoms with Gasteiger partial charge in [-0.15, -0.1) is 0 Å². The van der Waals surface area contributed by atoms with E-state index in [0.717, 1.165) is 11.4 Å². The van der Waals surface area contributed by atoms with Gasteiger partial charge in [-0.1, -0.05) is 23.7 Å². The number of hydrogen-bond donors (Lipinski definition) is 0. The Bertz CT molecular complexity index is 309. The third-order valence-corrected chi connectivity index (χ3v) is 1.65. The van der Waals surface area contributed by atoms with Crippen LogP contribution >= 0.6 is 11.6 Å². The van der Waals surface area contributed by atoms with Crippen LogP contribution in [0, 0.1) is 0 Å². The van der Waals surface area contributed by atoms with Crippen LogP contribution in [0.3, 0.4) is 0 Å². The number of nitrogens with zero attached hydrogens (tertiary/aromatic N) is 1. The molecular weight excluding hydrogens is 162 g/mol. The molecule has 0 spiro atoms. The molecule has 56 valence electrons. The molecule has 0 fully saturated rings. The van der Waals surface area contributed by atoms with E-state index in [0.29, 0.717) is 11.8 Å². The Morgan fingerprint density at radius 1 is 1.36 bits per heavy atom. The smallest absolute Gasteiger partial charge is 0.145 e. The maximum atomic E-state index is 5.67. The fourth-order valence-electron chi connectivity index (χ4n) is 0.972. The van der Waals surface area contributed by atoms with E-state index in [-0.39, 0.29) is 0 Å². The molecule has 1 aliphatic rings. The van der Waals surface area contributed by atoms with Gasteiger partial charge < -0.3 is 4.74 Å². The molecule has 1 aliphatic heterocycles. The lowest BCUT2D eigenvalue weighted by Crippen LogP contribution is -2.08. The van der Waals surface area contributed by atoms with Crippen molar-refractivity contribution in [3.05, 3.63) is 24.3 Å². The third kappa shape index (κ3) is 1.21. The Labute approximate surface area is 69.5 Å². The van der Waals surface area contributed by atoms with Crippen molar-refractivity contribution < 1.29 is 4.74 Å². The van der Waals surface area contributed by atoms with Crippen molar-refractivity contribution in [2.45, 2.75) is 0 Å². The van der Waals surface area contributed by atoms with Crippen molar-refractivity contribution in [2.24, 2.45) is 4.99 Å². The molecule has 0 aliphatic carbocycles. The Hall–Kier alpha value is -1.02. The summed E-state index contributed by atoms with van der Waals surface area (Å²) in [5.74, 6) is 0.803. The topological polar surface area (TPSA) is 21.6 Å². The first-order chi connectivity index (χ1) is 5.36.